The summed E-state index contributed by atoms with van der Waals surface area (Å²) in [7, 11) is 0. The van der Waals surface area contributed by atoms with Crippen LogP contribution in [0.4, 0.5) is 0 Å². The van der Waals surface area contributed by atoms with Crippen LogP contribution in [-0.4, -0.2) is 25.3 Å². The number of hydrogen-bond donors (Lipinski definition) is 0. The van der Waals surface area contributed by atoms with E-state index < -0.39 is 0 Å². The van der Waals surface area contributed by atoms with Gasteiger partial charge in [0.25, 0.3) is 0 Å². The molecule has 0 spiro atoms. The lowest BCUT2D eigenvalue weighted by Crippen LogP contribution is -2.29. The number of hydrogen-bond acceptors (Lipinski definition) is 4. The lowest BCUT2D eigenvalue weighted by Gasteiger charge is -2.23. The van der Waals surface area contributed by atoms with Gasteiger partial charge in [0.1, 0.15) is 6.10 Å². The molecule has 2 fully saturated rings. The van der Waals surface area contributed by atoms with E-state index in [1.54, 1.807) is 0 Å². The molecule has 0 unspecified atom stereocenters. The molecule has 2 aromatic rings. The summed E-state index contributed by atoms with van der Waals surface area (Å²) in [5, 5.41) is 0. The number of esters is 1. The molecule has 0 aromatic heterocycles. The van der Waals surface area contributed by atoms with Gasteiger partial charge in [-0.3, -0.25) is 4.79 Å². The molecule has 142 valence electrons. The summed E-state index contributed by atoms with van der Waals surface area (Å²) in [5.41, 5.74) is 2.33. The largest absolute Gasteiger partial charge is 0.462 e. The lowest BCUT2D eigenvalue weighted by molar-refractivity contribution is -0.155. The van der Waals surface area contributed by atoms with Crippen molar-refractivity contribution < 1.29 is 19.0 Å². The number of ether oxygens (including phenoxy) is 3. The van der Waals surface area contributed by atoms with Crippen molar-refractivity contribution in [2.75, 3.05) is 13.2 Å². The fraction of sp³-hybridized carbons (Fsp3) is 0.435. The van der Waals surface area contributed by atoms with Crippen LogP contribution in [-0.2, 0) is 32.2 Å². The summed E-state index contributed by atoms with van der Waals surface area (Å²) in [4.78, 5) is 11.9. The molecule has 2 aromatic carbocycles. The van der Waals surface area contributed by atoms with Gasteiger partial charge in [0.2, 0.25) is 0 Å². The fourth-order valence-corrected chi connectivity index (χ4v) is 4.34. The van der Waals surface area contributed by atoms with Crippen LogP contribution in [0.1, 0.15) is 24.0 Å². The van der Waals surface area contributed by atoms with Crippen molar-refractivity contribution in [1.29, 1.82) is 0 Å². The Hall–Kier alpha value is -2.17. The summed E-state index contributed by atoms with van der Waals surface area (Å²) >= 11 is 0. The second kappa shape index (κ2) is 8.68. The first-order valence-corrected chi connectivity index (χ1v) is 9.72. The minimum Gasteiger partial charge on any atom is -0.462 e. The van der Waals surface area contributed by atoms with Gasteiger partial charge in [-0.25, -0.2) is 0 Å². The predicted octanol–water partition coefficient (Wildman–Crippen LogP) is 3.99. The molecule has 27 heavy (non-hydrogen) atoms. The van der Waals surface area contributed by atoms with Gasteiger partial charge in [-0.15, -0.1) is 0 Å². The van der Waals surface area contributed by atoms with Crippen molar-refractivity contribution in [1.82, 2.24) is 0 Å². The molecule has 4 rings (SSSR count). The van der Waals surface area contributed by atoms with Gasteiger partial charge in [0.15, 0.2) is 0 Å². The van der Waals surface area contributed by atoms with Crippen LogP contribution in [0.5, 0.6) is 0 Å². The zero-order valence-electron chi connectivity index (χ0n) is 15.5. The van der Waals surface area contributed by atoms with Crippen LogP contribution >= 0.6 is 0 Å². The van der Waals surface area contributed by atoms with Crippen molar-refractivity contribution in [3.8, 4) is 0 Å². The Morgan fingerprint density at radius 3 is 1.96 bits per heavy atom. The zero-order valence-corrected chi connectivity index (χ0v) is 15.5. The topological polar surface area (TPSA) is 44.8 Å². The molecule has 0 amide bonds. The lowest BCUT2D eigenvalue weighted by atomic mass is 9.89. The molecule has 4 atom stereocenters. The Bertz CT molecular complexity index is 669. The first-order chi connectivity index (χ1) is 13.3. The number of rotatable bonds is 8. The second-order valence-electron chi connectivity index (χ2n) is 7.56. The number of benzene rings is 2. The summed E-state index contributed by atoms with van der Waals surface area (Å²) in [5.74, 6) is 0.786. The van der Waals surface area contributed by atoms with Gasteiger partial charge in [-0.2, -0.15) is 0 Å². The molecule has 4 nitrogen and oxygen atoms in total. The Kier molecular flexibility index (Phi) is 5.85. The van der Waals surface area contributed by atoms with Gasteiger partial charge in [0.05, 0.1) is 26.4 Å². The third-order valence-corrected chi connectivity index (χ3v) is 5.72. The van der Waals surface area contributed by atoms with Crippen LogP contribution in [0.25, 0.3) is 0 Å². The van der Waals surface area contributed by atoms with E-state index in [1.807, 2.05) is 36.4 Å². The smallest absolute Gasteiger partial charge is 0.306 e. The van der Waals surface area contributed by atoms with E-state index >= 15 is 0 Å². The van der Waals surface area contributed by atoms with Crippen LogP contribution < -0.4 is 0 Å². The third-order valence-electron chi connectivity index (χ3n) is 5.72. The van der Waals surface area contributed by atoms with E-state index in [4.69, 9.17) is 14.2 Å². The molecule has 1 heterocycles. The molecular formula is C23H26O4. The quantitative estimate of drug-likeness (QED) is 0.663. The van der Waals surface area contributed by atoms with E-state index in [0.29, 0.717) is 44.7 Å². The maximum absolute atomic E-state index is 11.9. The highest BCUT2D eigenvalue weighted by atomic mass is 16.5. The maximum atomic E-state index is 11.9. The summed E-state index contributed by atoms with van der Waals surface area (Å²) in [6, 6.07) is 20.4. The van der Waals surface area contributed by atoms with Crippen molar-refractivity contribution in [2.45, 2.75) is 32.2 Å². The van der Waals surface area contributed by atoms with Crippen LogP contribution in [0, 0.1) is 17.8 Å². The maximum Gasteiger partial charge on any atom is 0.306 e. The van der Waals surface area contributed by atoms with Crippen molar-refractivity contribution in [2.24, 2.45) is 17.8 Å². The molecule has 1 aliphatic carbocycles. The van der Waals surface area contributed by atoms with E-state index in [-0.39, 0.29) is 18.0 Å². The van der Waals surface area contributed by atoms with E-state index in [9.17, 15) is 4.79 Å². The molecule has 2 bridgehead atoms. The summed E-state index contributed by atoms with van der Waals surface area (Å²) < 4.78 is 17.6. The monoisotopic (exact) mass is 366 g/mol. The number of fused-ring (bicyclic) bond motifs is 2. The Morgan fingerprint density at radius 1 is 0.815 bits per heavy atom. The van der Waals surface area contributed by atoms with Crippen molar-refractivity contribution in [3.05, 3.63) is 71.8 Å². The van der Waals surface area contributed by atoms with E-state index in [1.165, 1.54) is 5.56 Å². The minimum absolute atomic E-state index is 0.0302. The number of carbonyl (C=O) groups excluding carboxylic acids is 1. The molecule has 0 radical (unpaired) electrons. The highest BCUT2D eigenvalue weighted by molar-refractivity contribution is 5.71. The van der Waals surface area contributed by atoms with Gasteiger partial charge < -0.3 is 14.2 Å². The zero-order chi connectivity index (χ0) is 18.5. The molecule has 0 N–H and O–H groups in total. The van der Waals surface area contributed by atoms with Crippen molar-refractivity contribution in [3.63, 3.8) is 0 Å². The molecule has 1 saturated carbocycles. The Labute approximate surface area is 160 Å². The predicted molar refractivity (Wildman–Crippen MR) is 102 cm³/mol. The van der Waals surface area contributed by atoms with E-state index in [0.717, 1.165) is 12.0 Å². The first-order valence-electron chi connectivity index (χ1n) is 9.72. The molecule has 1 saturated heterocycles. The highest BCUT2D eigenvalue weighted by Gasteiger charge is 2.49. The van der Waals surface area contributed by atoms with Crippen LogP contribution in [0.3, 0.4) is 0 Å². The normalized spacial score (nSPS) is 26.7. The Morgan fingerprint density at radius 2 is 1.37 bits per heavy atom. The van der Waals surface area contributed by atoms with Gasteiger partial charge in [-0.05, 0) is 29.4 Å². The minimum atomic E-state index is -0.0742. The average Bonchev–Trinajstić information content (AvgIpc) is 2.93. The Balaban J connectivity index is 1.34. The average molecular weight is 366 g/mol. The highest BCUT2D eigenvalue weighted by Crippen LogP contribution is 2.45. The van der Waals surface area contributed by atoms with Gasteiger partial charge >= 0.3 is 5.97 Å². The van der Waals surface area contributed by atoms with Crippen molar-refractivity contribution >= 4 is 5.97 Å². The third kappa shape index (κ3) is 4.57. The van der Waals surface area contributed by atoms with Crippen LogP contribution in [0.2, 0.25) is 0 Å². The number of carbonyl (C=O) groups is 1. The molecule has 4 heteroatoms. The fourth-order valence-electron chi connectivity index (χ4n) is 4.34. The molecule has 1 aliphatic heterocycles. The standard InChI is InChI=1S/C23H26O4/c24-23-12-19-11-22(27-23)21(16-26-14-18-9-5-2-6-10-18)20(19)15-25-13-17-7-3-1-4-8-17/h1-10,19-22H,11-16H2/t19-,20+,21+,22-/m1/s1. The molecule has 2 aliphatic rings. The second-order valence-corrected chi connectivity index (χ2v) is 7.56. The van der Waals surface area contributed by atoms with Gasteiger partial charge in [-0.1, -0.05) is 60.7 Å². The van der Waals surface area contributed by atoms with E-state index in [2.05, 4.69) is 24.3 Å². The first kappa shape index (κ1) is 18.2. The SMILES string of the molecule is O=C1C[C@H]2C[C@@H](O1)[C@@H](COCc1ccccc1)[C@H]2COCc1ccccc1. The van der Waals surface area contributed by atoms with Gasteiger partial charge in [0, 0.05) is 12.3 Å². The summed E-state index contributed by atoms with van der Waals surface area (Å²) in [6.07, 6.45) is 1.41. The van der Waals surface area contributed by atoms with Crippen LogP contribution in [0.15, 0.2) is 60.7 Å². The summed E-state index contributed by atoms with van der Waals surface area (Å²) in [6.45, 7) is 2.43. The molecular weight excluding hydrogens is 340 g/mol.